The molecule has 9 nitrogen and oxygen atoms in total. The predicted molar refractivity (Wildman–Crippen MR) is 69.6 cm³/mol. The second kappa shape index (κ2) is 5.13. The number of hydrogen-bond donors (Lipinski definition) is 4. The Morgan fingerprint density at radius 2 is 1.14 bits per heavy atom. The summed E-state index contributed by atoms with van der Waals surface area (Å²) in [5.41, 5.74) is -2.66. The molecule has 0 aliphatic carbocycles. The molecule has 2 rings (SSSR count). The van der Waals surface area contributed by atoms with Crippen LogP contribution in [0.5, 0.6) is 0 Å². The monoisotopic (exact) mass is 305 g/mol. The molecule has 4 N–H and O–H groups in total. The number of carbonyl (C=O) groups is 4. The number of aromatic carboxylic acids is 4. The third-order valence-electron chi connectivity index (χ3n) is 2.85. The Balaban J connectivity index is 2.90. The molecule has 0 aliphatic heterocycles. The van der Waals surface area contributed by atoms with E-state index >= 15 is 0 Å². The van der Waals surface area contributed by atoms with Crippen LogP contribution in [0.2, 0.25) is 0 Å². The average molecular weight is 305 g/mol. The first-order valence-corrected chi connectivity index (χ1v) is 5.64. The summed E-state index contributed by atoms with van der Waals surface area (Å²) in [5.74, 6) is -6.19. The Hall–Kier alpha value is -3.49. The molecule has 0 fully saturated rings. The molecule has 0 atom stereocenters. The highest BCUT2D eigenvalue weighted by Crippen LogP contribution is 2.22. The van der Waals surface area contributed by atoms with Gasteiger partial charge in [-0.05, 0) is 18.2 Å². The fourth-order valence-electron chi connectivity index (χ4n) is 1.90. The van der Waals surface area contributed by atoms with Gasteiger partial charge in [0.15, 0.2) is 5.69 Å². The van der Waals surface area contributed by atoms with Crippen LogP contribution in [0.4, 0.5) is 0 Å². The lowest BCUT2D eigenvalue weighted by Gasteiger charge is -2.07. The minimum Gasteiger partial charge on any atom is -0.478 e. The lowest BCUT2D eigenvalue weighted by Crippen LogP contribution is -2.12. The third-order valence-corrected chi connectivity index (χ3v) is 2.85. The van der Waals surface area contributed by atoms with Crippen LogP contribution in [0.15, 0.2) is 18.2 Å². The molecule has 0 bridgehead atoms. The molecule has 0 saturated heterocycles. The van der Waals surface area contributed by atoms with Gasteiger partial charge in [-0.1, -0.05) is 0 Å². The summed E-state index contributed by atoms with van der Waals surface area (Å²) >= 11 is 0. The van der Waals surface area contributed by atoms with E-state index in [0.717, 1.165) is 18.2 Å². The number of carboxylic acids is 4. The smallest absolute Gasteiger partial charge is 0.355 e. The van der Waals surface area contributed by atoms with Gasteiger partial charge in [0, 0.05) is 5.39 Å². The molecule has 112 valence electrons. The molecule has 22 heavy (non-hydrogen) atoms. The maximum Gasteiger partial charge on any atom is 0.355 e. The SMILES string of the molecule is O=C(O)c1cc2cc(C(=O)O)c(C(=O)O)nc2cc1C(=O)O. The van der Waals surface area contributed by atoms with Crippen molar-refractivity contribution < 1.29 is 39.6 Å². The number of hydrogen-bond acceptors (Lipinski definition) is 5. The lowest BCUT2D eigenvalue weighted by atomic mass is 10.0. The Bertz CT molecular complexity index is 717. The van der Waals surface area contributed by atoms with E-state index in [1.165, 1.54) is 0 Å². The fraction of sp³-hybridized carbons (Fsp3) is 0. The van der Waals surface area contributed by atoms with Gasteiger partial charge >= 0.3 is 23.9 Å². The normalized spacial score (nSPS) is 10.4. The number of rotatable bonds is 4. The van der Waals surface area contributed by atoms with Crippen molar-refractivity contribution in [2.75, 3.05) is 0 Å². The summed E-state index contributed by atoms with van der Waals surface area (Å²) in [6.45, 7) is 0. The van der Waals surface area contributed by atoms with E-state index in [1.54, 1.807) is 0 Å². The van der Waals surface area contributed by atoms with Crippen molar-refractivity contribution in [1.82, 2.24) is 4.98 Å². The first-order chi connectivity index (χ1) is 10.2. The maximum absolute atomic E-state index is 11.1. The highest BCUT2D eigenvalue weighted by Gasteiger charge is 2.22. The highest BCUT2D eigenvalue weighted by molar-refractivity contribution is 6.08. The first-order valence-electron chi connectivity index (χ1n) is 5.64. The molecule has 2 aromatic rings. The van der Waals surface area contributed by atoms with Crippen molar-refractivity contribution in [1.29, 1.82) is 0 Å². The van der Waals surface area contributed by atoms with Crippen molar-refractivity contribution in [3.05, 3.63) is 40.6 Å². The number of pyridine rings is 1. The predicted octanol–water partition coefficient (Wildman–Crippen LogP) is 1.03. The van der Waals surface area contributed by atoms with Crippen LogP contribution in [0.25, 0.3) is 10.9 Å². The summed E-state index contributed by atoms with van der Waals surface area (Å²) in [7, 11) is 0. The van der Waals surface area contributed by atoms with E-state index in [-0.39, 0.29) is 10.9 Å². The van der Waals surface area contributed by atoms with Gasteiger partial charge in [-0.25, -0.2) is 24.2 Å². The van der Waals surface area contributed by atoms with Gasteiger partial charge in [0.25, 0.3) is 0 Å². The van der Waals surface area contributed by atoms with Gasteiger partial charge in [-0.2, -0.15) is 0 Å². The largest absolute Gasteiger partial charge is 0.478 e. The molecule has 1 aromatic heterocycles. The van der Waals surface area contributed by atoms with E-state index in [9.17, 15) is 19.2 Å². The second-order valence-electron chi connectivity index (χ2n) is 4.20. The Morgan fingerprint density at radius 3 is 1.59 bits per heavy atom. The van der Waals surface area contributed by atoms with Crippen molar-refractivity contribution in [3.8, 4) is 0 Å². The minimum absolute atomic E-state index is 0.00444. The van der Waals surface area contributed by atoms with Gasteiger partial charge in [0.05, 0.1) is 22.2 Å². The van der Waals surface area contributed by atoms with Gasteiger partial charge < -0.3 is 20.4 Å². The molecular formula is C13H7NO8. The molecule has 1 aromatic carbocycles. The first kappa shape index (κ1) is 14.9. The van der Waals surface area contributed by atoms with Gasteiger partial charge in [-0.15, -0.1) is 0 Å². The van der Waals surface area contributed by atoms with Crippen molar-refractivity contribution >= 4 is 34.8 Å². The number of carboxylic acid groups (broad SMARTS) is 4. The van der Waals surface area contributed by atoms with Crippen LogP contribution in [-0.4, -0.2) is 49.3 Å². The Kier molecular flexibility index (Phi) is 3.47. The third kappa shape index (κ3) is 2.42. The van der Waals surface area contributed by atoms with Crippen molar-refractivity contribution in [2.24, 2.45) is 0 Å². The van der Waals surface area contributed by atoms with Crippen LogP contribution in [0.3, 0.4) is 0 Å². The van der Waals surface area contributed by atoms with E-state index in [2.05, 4.69) is 4.98 Å². The Morgan fingerprint density at radius 1 is 0.682 bits per heavy atom. The van der Waals surface area contributed by atoms with Crippen LogP contribution >= 0.6 is 0 Å². The number of benzene rings is 1. The van der Waals surface area contributed by atoms with Gasteiger partial charge in [-0.3, -0.25) is 0 Å². The zero-order valence-corrected chi connectivity index (χ0v) is 10.6. The molecule has 9 heteroatoms. The topological polar surface area (TPSA) is 162 Å². The van der Waals surface area contributed by atoms with Crippen molar-refractivity contribution in [3.63, 3.8) is 0 Å². The number of nitrogens with zero attached hydrogens (tertiary/aromatic N) is 1. The molecule has 1 heterocycles. The van der Waals surface area contributed by atoms with E-state index in [4.69, 9.17) is 20.4 Å². The van der Waals surface area contributed by atoms with Crippen LogP contribution < -0.4 is 0 Å². The van der Waals surface area contributed by atoms with Crippen LogP contribution in [-0.2, 0) is 0 Å². The zero-order valence-electron chi connectivity index (χ0n) is 10.6. The lowest BCUT2D eigenvalue weighted by molar-refractivity contribution is 0.0646. The quantitative estimate of drug-likeness (QED) is 0.645. The van der Waals surface area contributed by atoms with Crippen LogP contribution in [0.1, 0.15) is 41.6 Å². The summed E-state index contributed by atoms with van der Waals surface area (Å²) in [4.78, 5) is 47.8. The molecular weight excluding hydrogens is 298 g/mol. The van der Waals surface area contributed by atoms with E-state index in [0.29, 0.717) is 0 Å². The average Bonchev–Trinajstić information content (AvgIpc) is 2.43. The minimum atomic E-state index is -1.60. The number of fused-ring (bicyclic) bond motifs is 1. The van der Waals surface area contributed by atoms with E-state index < -0.39 is 46.3 Å². The fourth-order valence-corrected chi connectivity index (χ4v) is 1.90. The van der Waals surface area contributed by atoms with Gasteiger partial charge in [0.2, 0.25) is 0 Å². The number of aromatic nitrogens is 1. The molecule has 0 saturated carbocycles. The standard InChI is InChI=1S/C13H7NO8/c15-10(16)5-1-4-2-7(12(19)20)9(13(21)22)14-8(4)3-6(5)11(17)18/h1-3H,(H,15,16)(H,17,18)(H,19,20)(H,21,22). The molecule has 0 spiro atoms. The molecule has 0 amide bonds. The zero-order chi connectivity index (χ0) is 16.6. The molecule has 0 aliphatic rings. The van der Waals surface area contributed by atoms with Gasteiger partial charge in [0.1, 0.15) is 0 Å². The Labute approximate surface area is 121 Å². The molecule has 0 radical (unpaired) electrons. The summed E-state index contributed by atoms with van der Waals surface area (Å²) in [6.07, 6.45) is 0. The summed E-state index contributed by atoms with van der Waals surface area (Å²) in [6, 6.07) is 2.76. The summed E-state index contributed by atoms with van der Waals surface area (Å²) in [5, 5.41) is 35.9. The maximum atomic E-state index is 11.1. The second-order valence-corrected chi connectivity index (χ2v) is 4.20. The van der Waals surface area contributed by atoms with Crippen molar-refractivity contribution in [2.45, 2.75) is 0 Å². The molecule has 0 unspecified atom stereocenters. The van der Waals surface area contributed by atoms with E-state index in [1.807, 2.05) is 0 Å². The summed E-state index contributed by atoms with van der Waals surface area (Å²) < 4.78 is 0. The highest BCUT2D eigenvalue weighted by atomic mass is 16.4. The van der Waals surface area contributed by atoms with Crippen LogP contribution in [0, 0.1) is 0 Å².